The van der Waals surface area contributed by atoms with Crippen LogP contribution in [0.25, 0.3) is 10.9 Å². The summed E-state index contributed by atoms with van der Waals surface area (Å²) in [6.07, 6.45) is 1.80. The quantitative estimate of drug-likeness (QED) is 0.693. The minimum Gasteiger partial charge on any atom is -0.360 e. The zero-order valence-electron chi connectivity index (χ0n) is 12.3. The van der Waals surface area contributed by atoms with E-state index in [-0.39, 0.29) is 5.78 Å². The third kappa shape index (κ3) is 3.13. The van der Waals surface area contributed by atoms with E-state index in [1.165, 1.54) is 5.56 Å². The summed E-state index contributed by atoms with van der Waals surface area (Å²) in [4.78, 5) is 17.7. The zero-order valence-corrected chi connectivity index (χ0v) is 13.9. The van der Waals surface area contributed by atoms with Crippen LogP contribution in [0.4, 0.5) is 0 Å². The first-order chi connectivity index (χ1) is 10.6. The van der Waals surface area contributed by atoms with Gasteiger partial charge >= 0.3 is 0 Å². The molecule has 0 aliphatic rings. The Labute approximate surface area is 138 Å². The lowest BCUT2D eigenvalue weighted by Crippen LogP contribution is -2.25. The number of nitrogens with zero attached hydrogens (tertiary/aromatic N) is 1. The van der Waals surface area contributed by atoms with Crippen molar-refractivity contribution < 1.29 is 4.79 Å². The summed E-state index contributed by atoms with van der Waals surface area (Å²) in [5.41, 5.74) is 2.94. The molecule has 0 unspecified atom stereocenters. The Hall–Kier alpha value is -1.91. The number of Topliss-reactive ketones (excluding diaryl/α,β-unsaturated/α-hetero) is 1. The predicted molar refractivity (Wildman–Crippen MR) is 93.1 cm³/mol. The van der Waals surface area contributed by atoms with Gasteiger partial charge in [-0.1, -0.05) is 52.3 Å². The Balaban J connectivity index is 1.73. The van der Waals surface area contributed by atoms with Gasteiger partial charge in [0.15, 0.2) is 5.78 Å². The Bertz CT molecular complexity index is 809. The number of benzene rings is 2. The first-order valence-electron chi connectivity index (χ1n) is 7.16. The molecule has 1 heterocycles. The molecule has 1 aromatic heterocycles. The fourth-order valence-corrected chi connectivity index (χ4v) is 3.02. The molecule has 4 heteroatoms. The van der Waals surface area contributed by atoms with Gasteiger partial charge in [-0.05, 0) is 24.7 Å². The topological polar surface area (TPSA) is 36.1 Å². The Morgan fingerprint density at radius 3 is 2.68 bits per heavy atom. The highest BCUT2D eigenvalue weighted by Crippen LogP contribution is 2.20. The smallest absolute Gasteiger partial charge is 0.178 e. The monoisotopic (exact) mass is 356 g/mol. The molecule has 0 bridgehead atoms. The van der Waals surface area contributed by atoms with Gasteiger partial charge in [0.05, 0.1) is 6.54 Å². The van der Waals surface area contributed by atoms with E-state index < -0.39 is 0 Å². The number of para-hydroxylation sites is 1. The number of hydrogen-bond donors (Lipinski definition) is 1. The first kappa shape index (κ1) is 15.0. The van der Waals surface area contributed by atoms with E-state index in [1.54, 1.807) is 6.20 Å². The van der Waals surface area contributed by atoms with E-state index >= 15 is 0 Å². The van der Waals surface area contributed by atoms with Gasteiger partial charge < -0.3 is 4.98 Å². The van der Waals surface area contributed by atoms with Crippen molar-refractivity contribution in [3.05, 3.63) is 70.3 Å². The number of carbonyl (C=O) groups is 1. The number of aromatic nitrogens is 1. The highest BCUT2D eigenvalue weighted by atomic mass is 79.9. The number of ketones is 1. The van der Waals surface area contributed by atoms with Crippen molar-refractivity contribution in [1.82, 2.24) is 9.88 Å². The lowest BCUT2D eigenvalue weighted by atomic mass is 10.1. The molecule has 0 saturated heterocycles. The highest BCUT2D eigenvalue weighted by Gasteiger charge is 2.14. The van der Waals surface area contributed by atoms with Crippen LogP contribution >= 0.6 is 15.9 Å². The number of H-pyrrole nitrogens is 1. The third-order valence-corrected chi connectivity index (χ3v) is 4.47. The van der Waals surface area contributed by atoms with Crippen LogP contribution < -0.4 is 0 Å². The van der Waals surface area contributed by atoms with Crippen LogP contribution in [-0.4, -0.2) is 29.3 Å². The van der Waals surface area contributed by atoms with Crippen LogP contribution in [0.2, 0.25) is 0 Å². The van der Waals surface area contributed by atoms with Gasteiger partial charge in [0.25, 0.3) is 0 Å². The molecule has 0 aliphatic carbocycles. The van der Waals surface area contributed by atoms with Crippen LogP contribution in [0.3, 0.4) is 0 Å². The van der Waals surface area contributed by atoms with Gasteiger partial charge in [-0.2, -0.15) is 0 Å². The second-order valence-electron chi connectivity index (χ2n) is 5.43. The molecule has 2 aromatic carbocycles. The molecule has 0 spiro atoms. The van der Waals surface area contributed by atoms with Crippen molar-refractivity contribution in [1.29, 1.82) is 0 Å². The van der Waals surface area contributed by atoms with Gasteiger partial charge in [0.2, 0.25) is 0 Å². The lowest BCUT2D eigenvalue weighted by molar-refractivity contribution is 0.0944. The minimum absolute atomic E-state index is 0.131. The Morgan fingerprint density at radius 2 is 1.86 bits per heavy atom. The summed E-state index contributed by atoms with van der Waals surface area (Å²) in [7, 11) is 1.96. The Morgan fingerprint density at radius 1 is 1.14 bits per heavy atom. The summed E-state index contributed by atoms with van der Waals surface area (Å²) >= 11 is 3.55. The molecule has 112 valence electrons. The van der Waals surface area contributed by atoms with Crippen molar-refractivity contribution in [2.45, 2.75) is 6.54 Å². The second kappa shape index (κ2) is 6.46. The van der Waals surface area contributed by atoms with Gasteiger partial charge in [-0.25, -0.2) is 0 Å². The average molecular weight is 357 g/mol. The predicted octanol–water partition coefficient (Wildman–Crippen LogP) is 4.25. The molecule has 3 nitrogen and oxygen atoms in total. The number of fused-ring (bicyclic) bond motifs is 1. The van der Waals surface area contributed by atoms with E-state index in [4.69, 9.17) is 0 Å². The largest absolute Gasteiger partial charge is 0.360 e. The molecule has 0 amide bonds. The van der Waals surface area contributed by atoms with Crippen molar-refractivity contribution in [3.8, 4) is 0 Å². The number of carbonyl (C=O) groups excluding carboxylic acids is 1. The van der Waals surface area contributed by atoms with Crippen molar-refractivity contribution >= 4 is 32.6 Å². The molecule has 3 rings (SSSR count). The van der Waals surface area contributed by atoms with E-state index in [9.17, 15) is 4.79 Å². The maximum atomic E-state index is 12.5. The van der Waals surface area contributed by atoms with E-state index in [1.807, 2.05) is 54.4 Å². The molecular weight excluding hydrogens is 340 g/mol. The van der Waals surface area contributed by atoms with Crippen LogP contribution in [0, 0.1) is 0 Å². The summed E-state index contributed by atoms with van der Waals surface area (Å²) in [6.45, 7) is 1.12. The van der Waals surface area contributed by atoms with Gasteiger partial charge in [-0.15, -0.1) is 0 Å². The van der Waals surface area contributed by atoms with Crippen LogP contribution in [0.15, 0.2) is 59.2 Å². The SMILES string of the molecule is CN(CC(=O)c1c[nH]c2ccccc12)Cc1ccccc1Br. The van der Waals surface area contributed by atoms with E-state index in [2.05, 4.69) is 27.0 Å². The maximum Gasteiger partial charge on any atom is 0.178 e. The third-order valence-electron chi connectivity index (χ3n) is 3.70. The summed E-state index contributed by atoms with van der Waals surface area (Å²) in [5.74, 6) is 0.131. The van der Waals surface area contributed by atoms with Crippen molar-refractivity contribution in [2.24, 2.45) is 0 Å². The van der Waals surface area contributed by atoms with Crippen LogP contribution in [0.1, 0.15) is 15.9 Å². The van der Waals surface area contributed by atoms with Gasteiger partial charge in [0, 0.05) is 33.7 Å². The average Bonchev–Trinajstić information content (AvgIpc) is 2.93. The standard InChI is InChI=1S/C18H17BrN2O/c1-21(11-13-6-2-4-8-16(13)19)12-18(22)15-10-20-17-9-5-3-7-14(15)17/h2-10,20H,11-12H2,1H3. The second-order valence-corrected chi connectivity index (χ2v) is 6.29. The summed E-state index contributed by atoms with van der Waals surface area (Å²) in [5, 5.41) is 0.988. The number of aromatic amines is 1. The summed E-state index contributed by atoms with van der Waals surface area (Å²) < 4.78 is 1.07. The van der Waals surface area contributed by atoms with Gasteiger partial charge in [-0.3, -0.25) is 9.69 Å². The molecule has 22 heavy (non-hydrogen) atoms. The molecule has 1 N–H and O–H groups in total. The normalized spacial score (nSPS) is 11.2. The minimum atomic E-state index is 0.131. The molecule has 0 radical (unpaired) electrons. The van der Waals surface area contributed by atoms with E-state index in [0.717, 1.165) is 27.5 Å². The molecule has 0 aliphatic heterocycles. The van der Waals surface area contributed by atoms with Crippen molar-refractivity contribution in [2.75, 3.05) is 13.6 Å². The number of likely N-dealkylation sites (N-methyl/N-ethyl adjacent to an activating group) is 1. The van der Waals surface area contributed by atoms with E-state index in [0.29, 0.717) is 6.54 Å². The molecular formula is C18H17BrN2O. The number of halogens is 1. The lowest BCUT2D eigenvalue weighted by Gasteiger charge is -2.16. The first-order valence-corrected chi connectivity index (χ1v) is 7.95. The maximum absolute atomic E-state index is 12.5. The molecule has 0 atom stereocenters. The van der Waals surface area contributed by atoms with Crippen LogP contribution in [0.5, 0.6) is 0 Å². The van der Waals surface area contributed by atoms with Gasteiger partial charge in [0.1, 0.15) is 0 Å². The number of hydrogen-bond acceptors (Lipinski definition) is 2. The summed E-state index contributed by atoms with van der Waals surface area (Å²) in [6, 6.07) is 16.0. The molecule has 0 fully saturated rings. The zero-order chi connectivity index (χ0) is 15.5. The number of rotatable bonds is 5. The van der Waals surface area contributed by atoms with Crippen molar-refractivity contribution in [3.63, 3.8) is 0 Å². The molecule has 3 aromatic rings. The number of nitrogens with one attached hydrogen (secondary N) is 1. The Kier molecular flexibility index (Phi) is 4.41. The fourth-order valence-electron chi connectivity index (χ4n) is 2.61. The highest BCUT2D eigenvalue weighted by molar-refractivity contribution is 9.10. The molecule has 0 saturated carbocycles. The van der Waals surface area contributed by atoms with Crippen LogP contribution in [-0.2, 0) is 6.54 Å². The fraction of sp³-hybridized carbons (Fsp3) is 0.167.